The van der Waals surface area contributed by atoms with Gasteiger partial charge in [0.05, 0.1) is 5.69 Å². The fourth-order valence-corrected chi connectivity index (χ4v) is 1.29. The van der Waals surface area contributed by atoms with Crippen molar-refractivity contribution in [3.63, 3.8) is 0 Å². The van der Waals surface area contributed by atoms with Gasteiger partial charge in [-0.15, -0.1) is 0 Å². The molecule has 78 valence electrons. The molecule has 0 saturated heterocycles. The van der Waals surface area contributed by atoms with Crippen molar-refractivity contribution in [3.8, 4) is 5.75 Å². The number of ether oxygens (including phenoxy) is 1. The average molecular weight is 203 g/mol. The van der Waals surface area contributed by atoms with Crippen molar-refractivity contribution in [2.45, 2.75) is 6.61 Å². The summed E-state index contributed by atoms with van der Waals surface area (Å²) in [7, 11) is 1.93. The molecule has 0 aliphatic heterocycles. The first-order valence-electron chi connectivity index (χ1n) is 4.71. The largest absolute Gasteiger partial charge is 0.484 e. The monoisotopic (exact) mass is 203 g/mol. The van der Waals surface area contributed by atoms with Crippen LogP contribution < -0.4 is 10.5 Å². The molecule has 0 radical (unpaired) electrons. The molecule has 0 atom stereocenters. The number of nitrogens with zero attached hydrogens (tertiary/aromatic N) is 2. The van der Waals surface area contributed by atoms with E-state index in [0.717, 1.165) is 5.82 Å². The van der Waals surface area contributed by atoms with Crippen molar-refractivity contribution in [2.75, 3.05) is 5.73 Å². The zero-order chi connectivity index (χ0) is 10.7. The molecule has 0 unspecified atom stereocenters. The van der Waals surface area contributed by atoms with Crippen LogP contribution in [0.4, 0.5) is 5.69 Å². The predicted octanol–water partition coefficient (Wildman–Crippen LogP) is 1.58. The normalized spacial score (nSPS) is 10.2. The molecule has 2 N–H and O–H groups in total. The maximum absolute atomic E-state index is 5.75. The van der Waals surface area contributed by atoms with E-state index in [0.29, 0.717) is 18.0 Å². The minimum atomic E-state index is 0.428. The number of aryl methyl sites for hydroxylation is 1. The Morgan fingerprint density at radius 2 is 2.20 bits per heavy atom. The summed E-state index contributed by atoms with van der Waals surface area (Å²) >= 11 is 0. The fourth-order valence-electron chi connectivity index (χ4n) is 1.29. The van der Waals surface area contributed by atoms with E-state index in [1.54, 1.807) is 6.20 Å². The van der Waals surface area contributed by atoms with E-state index in [1.165, 1.54) is 0 Å². The summed E-state index contributed by atoms with van der Waals surface area (Å²) in [4.78, 5) is 4.16. The smallest absolute Gasteiger partial charge is 0.146 e. The van der Waals surface area contributed by atoms with Gasteiger partial charge in [-0.3, -0.25) is 0 Å². The van der Waals surface area contributed by atoms with Gasteiger partial charge in [-0.05, 0) is 12.1 Å². The standard InChI is InChI=1S/C11H13N3O/c1-14-7-6-13-11(14)8-15-10-5-3-2-4-9(10)12/h2-7H,8,12H2,1H3. The Morgan fingerprint density at radius 1 is 1.40 bits per heavy atom. The molecule has 1 aromatic heterocycles. The van der Waals surface area contributed by atoms with Crippen molar-refractivity contribution < 1.29 is 4.74 Å². The number of aromatic nitrogens is 2. The van der Waals surface area contributed by atoms with Crippen LogP contribution in [0.3, 0.4) is 0 Å². The molecule has 0 aliphatic carbocycles. The van der Waals surface area contributed by atoms with E-state index in [9.17, 15) is 0 Å². The van der Waals surface area contributed by atoms with Crippen LogP contribution in [-0.4, -0.2) is 9.55 Å². The number of nitrogens with two attached hydrogens (primary N) is 1. The summed E-state index contributed by atoms with van der Waals surface area (Å²) in [6.45, 7) is 0.428. The maximum atomic E-state index is 5.75. The van der Waals surface area contributed by atoms with Gasteiger partial charge in [0.1, 0.15) is 18.2 Å². The minimum absolute atomic E-state index is 0.428. The molecule has 0 spiro atoms. The van der Waals surface area contributed by atoms with Crippen molar-refractivity contribution in [3.05, 3.63) is 42.5 Å². The summed E-state index contributed by atoms with van der Waals surface area (Å²) in [6.07, 6.45) is 3.63. The van der Waals surface area contributed by atoms with Crippen LogP contribution in [0.25, 0.3) is 0 Å². The van der Waals surface area contributed by atoms with Crippen LogP contribution in [-0.2, 0) is 13.7 Å². The van der Waals surface area contributed by atoms with E-state index in [-0.39, 0.29) is 0 Å². The number of benzene rings is 1. The van der Waals surface area contributed by atoms with Crippen molar-refractivity contribution in [1.29, 1.82) is 0 Å². The molecule has 0 bridgehead atoms. The second-order valence-corrected chi connectivity index (χ2v) is 3.28. The first-order valence-corrected chi connectivity index (χ1v) is 4.71. The van der Waals surface area contributed by atoms with Crippen LogP contribution in [0.5, 0.6) is 5.75 Å². The molecule has 1 aromatic carbocycles. The van der Waals surface area contributed by atoms with E-state index >= 15 is 0 Å². The molecule has 2 aromatic rings. The SMILES string of the molecule is Cn1ccnc1COc1ccccc1N. The molecule has 15 heavy (non-hydrogen) atoms. The zero-order valence-corrected chi connectivity index (χ0v) is 8.55. The highest BCUT2D eigenvalue weighted by molar-refractivity contribution is 5.51. The first-order chi connectivity index (χ1) is 7.27. The second-order valence-electron chi connectivity index (χ2n) is 3.28. The van der Waals surface area contributed by atoms with Gasteiger partial charge in [-0.25, -0.2) is 4.98 Å². The van der Waals surface area contributed by atoms with E-state index in [2.05, 4.69) is 4.98 Å². The number of nitrogen functional groups attached to an aromatic ring is 1. The third-order valence-corrected chi connectivity index (χ3v) is 2.20. The Hall–Kier alpha value is -1.97. The third-order valence-electron chi connectivity index (χ3n) is 2.20. The van der Waals surface area contributed by atoms with Gasteiger partial charge in [0.25, 0.3) is 0 Å². The highest BCUT2D eigenvalue weighted by Crippen LogP contribution is 2.20. The predicted molar refractivity (Wildman–Crippen MR) is 58.4 cm³/mol. The van der Waals surface area contributed by atoms with E-state index in [4.69, 9.17) is 10.5 Å². The summed E-state index contributed by atoms with van der Waals surface area (Å²) in [5.41, 5.74) is 6.39. The number of anilines is 1. The molecular weight excluding hydrogens is 190 g/mol. The lowest BCUT2D eigenvalue weighted by atomic mass is 10.3. The lowest BCUT2D eigenvalue weighted by Crippen LogP contribution is -2.04. The topological polar surface area (TPSA) is 53.1 Å². The van der Waals surface area contributed by atoms with Gasteiger partial charge in [0.2, 0.25) is 0 Å². The molecule has 0 amide bonds. The second kappa shape index (κ2) is 4.04. The molecule has 0 aliphatic rings. The Kier molecular flexibility index (Phi) is 2.58. The van der Waals surface area contributed by atoms with Crippen LogP contribution >= 0.6 is 0 Å². The molecule has 0 saturated carbocycles. The van der Waals surface area contributed by atoms with Gasteiger partial charge in [0, 0.05) is 19.4 Å². The lowest BCUT2D eigenvalue weighted by molar-refractivity contribution is 0.293. The third kappa shape index (κ3) is 2.10. The van der Waals surface area contributed by atoms with Gasteiger partial charge >= 0.3 is 0 Å². The molecule has 2 rings (SSSR count). The van der Waals surface area contributed by atoms with Crippen LogP contribution in [0.1, 0.15) is 5.82 Å². The van der Waals surface area contributed by atoms with E-state index < -0.39 is 0 Å². The van der Waals surface area contributed by atoms with Gasteiger partial charge in [-0.2, -0.15) is 0 Å². The Labute approximate surface area is 88.3 Å². The van der Waals surface area contributed by atoms with Gasteiger partial charge in [0.15, 0.2) is 0 Å². The zero-order valence-electron chi connectivity index (χ0n) is 8.55. The van der Waals surface area contributed by atoms with E-state index in [1.807, 2.05) is 42.1 Å². The number of rotatable bonds is 3. The molecule has 1 heterocycles. The van der Waals surface area contributed by atoms with Crippen LogP contribution in [0, 0.1) is 0 Å². The van der Waals surface area contributed by atoms with Gasteiger partial charge in [-0.1, -0.05) is 12.1 Å². The average Bonchev–Trinajstić information content (AvgIpc) is 2.63. The Morgan fingerprint density at radius 3 is 2.87 bits per heavy atom. The summed E-state index contributed by atoms with van der Waals surface area (Å²) < 4.78 is 7.47. The highest BCUT2D eigenvalue weighted by Gasteiger charge is 2.02. The van der Waals surface area contributed by atoms with Crippen LogP contribution in [0.15, 0.2) is 36.7 Å². The Bertz CT molecular complexity index is 451. The summed E-state index contributed by atoms with van der Waals surface area (Å²) in [5.74, 6) is 1.57. The molecule has 0 fully saturated rings. The number of para-hydroxylation sites is 2. The first kappa shape index (κ1) is 9.58. The number of hydrogen-bond acceptors (Lipinski definition) is 3. The fraction of sp³-hybridized carbons (Fsp3) is 0.182. The number of imidazole rings is 1. The minimum Gasteiger partial charge on any atom is -0.484 e. The quantitative estimate of drug-likeness (QED) is 0.770. The van der Waals surface area contributed by atoms with Crippen LogP contribution in [0.2, 0.25) is 0 Å². The summed E-state index contributed by atoms with van der Waals surface area (Å²) in [5, 5.41) is 0. The van der Waals surface area contributed by atoms with Crippen molar-refractivity contribution >= 4 is 5.69 Å². The number of hydrogen-bond donors (Lipinski definition) is 1. The van der Waals surface area contributed by atoms with Crippen molar-refractivity contribution in [1.82, 2.24) is 9.55 Å². The summed E-state index contributed by atoms with van der Waals surface area (Å²) in [6, 6.07) is 7.43. The van der Waals surface area contributed by atoms with Gasteiger partial charge < -0.3 is 15.0 Å². The lowest BCUT2D eigenvalue weighted by Gasteiger charge is -2.07. The highest BCUT2D eigenvalue weighted by atomic mass is 16.5. The van der Waals surface area contributed by atoms with Crippen molar-refractivity contribution in [2.24, 2.45) is 7.05 Å². The maximum Gasteiger partial charge on any atom is 0.146 e. The molecule has 4 heteroatoms. The molecule has 4 nitrogen and oxygen atoms in total. The Balaban J connectivity index is 2.06. The molecular formula is C11H13N3O.